The number of nitro groups is 2. The number of carboxylic acid groups (broad SMARTS) is 2. The first-order chi connectivity index (χ1) is 22.5. The lowest BCUT2D eigenvalue weighted by Crippen LogP contribution is -2.14. The van der Waals surface area contributed by atoms with E-state index in [9.17, 15) is 50.1 Å². The van der Waals surface area contributed by atoms with Crippen molar-refractivity contribution in [3.8, 4) is 17.2 Å². The Morgan fingerprint density at radius 1 is 0.660 bits per heavy atom. The molecule has 242 valence electrons. The third-order valence-electron chi connectivity index (χ3n) is 6.57. The van der Waals surface area contributed by atoms with Gasteiger partial charge in [-0.1, -0.05) is 12.1 Å². The Morgan fingerprint density at radius 3 is 1.66 bits per heavy atom. The van der Waals surface area contributed by atoms with E-state index in [1.165, 1.54) is 36.4 Å². The lowest BCUT2D eigenvalue weighted by Gasteiger charge is -2.17. The highest BCUT2D eigenvalue weighted by Crippen LogP contribution is 2.32. The molecule has 4 aromatic rings. The number of non-ortho nitro benzene ring substituents is 2. The number of esters is 1. The van der Waals surface area contributed by atoms with Gasteiger partial charge in [-0.2, -0.15) is 0 Å². The number of aromatic carboxylic acids is 2. The largest absolute Gasteiger partial charge is 0.493 e. The van der Waals surface area contributed by atoms with Crippen LogP contribution in [0.15, 0.2) is 84.9 Å². The summed E-state index contributed by atoms with van der Waals surface area (Å²) in [4.78, 5) is 60.9. The van der Waals surface area contributed by atoms with Crippen LogP contribution in [-0.4, -0.2) is 56.4 Å². The molecule has 0 fully saturated rings. The third kappa shape index (κ3) is 8.41. The summed E-state index contributed by atoms with van der Waals surface area (Å²) in [5.41, 5.74) is -1.84. The van der Waals surface area contributed by atoms with Crippen molar-refractivity contribution in [2.45, 2.75) is 12.5 Å². The van der Waals surface area contributed by atoms with Gasteiger partial charge >= 0.3 is 17.9 Å². The average molecular weight is 649 g/mol. The number of nitro benzene ring substituents is 2. The minimum absolute atomic E-state index is 0.0514. The molecule has 0 amide bonds. The molecule has 0 spiro atoms. The van der Waals surface area contributed by atoms with Crippen molar-refractivity contribution < 1.29 is 58.8 Å². The molecule has 1 unspecified atom stereocenters. The Labute approximate surface area is 264 Å². The molecule has 0 saturated heterocycles. The van der Waals surface area contributed by atoms with E-state index in [2.05, 4.69) is 4.89 Å². The summed E-state index contributed by atoms with van der Waals surface area (Å²) in [5, 5.41) is 50.5. The van der Waals surface area contributed by atoms with Gasteiger partial charge in [-0.05, 0) is 54.1 Å². The SMILES string of the molecule is O=C(O)c1ccc([N+](=O)[O-])cc1C(=O)Oc1ccc(OCCCOc2ccc(C(OO)c3cc([N+](=O)[O-])ccc3C(=O)O)cc2)cc1. The van der Waals surface area contributed by atoms with Gasteiger partial charge in [-0.25, -0.2) is 19.3 Å². The topological polar surface area (TPSA) is 235 Å². The van der Waals surface area contributed by atoms with Crippen LogP contribution in [-0.2, 0) is 4.89 Å². The first kappa shape index (κ1) is 33.5. The lowest BCUT2D eigenvalue weighted by atomic mass is 9.96. The Kier molecular flexibility index (Phi) is 10.7. The normalized spacial score (nSPS) is 11.3. The molecule has 0 bridgehead atoms. The molecule has 4 rings (SSSR count). The van der Waals surface area contributed by atoms with Crippen LogP contribution in [0.1, 0.15) is 54.7 Å². The van der Waals surface area contributed by atoms with E-state index >= 15 is 0 Å². The predicted octanol–water partition coefficient (Wildman–Crippen LogP) is 5.55. The Morgan fingerprint density at radius 2 is 1.15 bits per heavy atom. The average Bonchev–Trinajstić information content (AvgIpc) is 3.05. The first-order valence-corrected chi connectivity index (χ1v) is 13.5. The number of rotatable bonds is 15. The van der Waals surface area contributed by atoms with E-state index in [0.717, 1.165) is 36.4 Å². The summed E-state index contributed by atoms with van der Waals surface area (Å²) < 4.78 is 16.5. The quantitative estimate of drug-likeness (QED) is 0.0358. The Balaban J connectivity index is 1.28. The number of ether oxygens (including phenoxy) is 3. The van der Waals surface area contributed by atoms with Crippen LogP contribution in [0.5, 0.6) is 17.2 Å². The number of hydrogen-bond acceptors (Lipinski definition) is 12. The van der Waals surface area contributed by atoms with Crippen molar-refractivity contribution in [2.75, 3.05) is 13.2 Å². The second-order valence-corrected chi connectivity index (χ2v) is 9.59. The highest BCUT2D eigenvalue weighted by atomic mass is 17.1. The number of carbonyl (C=O) groups is 3. The molecule has 0 radical (unpaired) electrons. The fourth-order valence-electron chi connectivity index (χ4n) is 4.32. The Hall–Kier alpha value is -6.39. The molecule has 0 aliphatic carbocycles. The van der Waals surface area contributed by atoms with Crippen LogP contribution in [0.2, 0.25) is 0 Å². The molecule has 0 aliphatic rings. The maximum Gasteiger partial charge on any atom is 0.344 e. The highest BCUT2D eigenvalue weighted by molar-refractivity contribution is 6.03. The van der Waals surface area contributed by atoms with Gasteiger partial charge in [0.2, 0.25) is 0 Å². The second-order valence-electron chi connectivity index (χ2n) is 9.59. The van der Waals surface area contributed by atoms with Crippen LogP contribution in [0.4, 0.5) is 11.4 Å². The summed E-state index contributed by atoms with van der Waals surface area (Å²) in [6, 6.07) is 17.8. The maximum atomic E-state index is 12.6. The lowest BCUT2D eigenvalue weighted by molar-refractivity contribution is -0.385. The zero-order valence-electron chi connectivity index (χ0n) is 24.0. The molecular formula is C31H24N2O14. The molecule has 0 heterocycles. The number of hydrogen-bond donors (Lipinski definition) is 3. The standard InChI is InChI=1S/C31H24N2O14/c34-29(35)24-12-4-19(32(39)40)16-26(24)28(47-43)18-2-6-21(7-3-18)44-14-1-15-45-22-8-10-23(11-9-22)46-31(38)27-17-20(33(41)42)5-13-25(27)30(36)37/h2-13,16-17,28,43H,1,14-15H2,(H,34,35)(H,36,37). The number of carboxylic acids is 2. The van der Waals surface area contributed by atoms with Gasteiger partial charge in [0.1, 0.15) is 23.4 Å². The van der Waals surface area contributed by atoms with Gasteiger partial charge in [0, 0.05) is 36.2 Å². The molecule has 47 heavy (non-hydrogen) atoms. The summed E-state index contributed by atoms with van der Waals surface area (Å²) in [5.74, 6) is -2.98. The van der Waals surface area contributed by atoms with E-state index in [0.29, 0.717) is 23.5 Å². The summed E-state index contributed by atoms with van der Waals surface area (Å²) in [7, 11) is 0. The zero-order chi connectivity index (χ0) is 34.1. The zero-order valence-corrected chi connectivity index (χ0v) is 24.0. The van der Waals surface area contributed by atoms with E-state index in [4.69, 9.17) is 14.2 Å². The molecule has 3 N–H and O–H groups in total. The molecule has 0 saturated carbocycles. The summed E-state index contributed by atoms with van der Waals surface area (Å²) >= 11 is 0. The van der Waals surface area contributed by atoms with Crippen LogP contribution in [0.3, 0.4) is 0 Å². The minimum Gasteiger partial charge on any atom is -0.493 e. The van der Waals surface area contributed by atoms with Crippen molar-refractivity contribution >= 4 is 29.3 Å². The van der Waals surface area contributed by atoms with Crippen LogP contribution in [0, 0.1) is 20.2 Å². The van der Waals surface area contributed by atoms with Gasteiger partial charge in [-0.3, -0.25) is 25.5 Å². The molecule has 16 nitrogen and oxygen atoms in total. The summed E-state index contributed by atoms with van der Waals surface area (Å²) in [6.07, 6.45) is -0.873. The van der Waals surface area contributed by atoms with E-state index in [1.807, 2.05) is 0 Å². The molecule has 16 heteroatoms. The fourth-order valence-corrected chi connectivity index (χ4v) is 4.32. The highest BCUT2D eigenvalue weighted by Gasteiger charge is 2.25. The second kappa shape index (κ2) is 15.1. The van der Waals surface area contributed by atoms with Gasteiger partial charge in [0.05, 0.1) is 39.8 Å². The molecule has 0 aliphatic heterocycles. The van der Waals surface area contributed by atoms with Crippen molar-refractivity contribution in [1.82, 2.24) is 0 Å². The van der Waals surface area contributed by atoms with Gasteiger partial charge < -0.3 is 24.4 Å². The molecule has 0 aromatic heterocycles. The third-order valence-corrected chi connectivity index (χ3v) is 6.57. The van der Waals surface area contributed by atoms with Crippen molar-refractivity contribution in [1.29, 1.82) is 0 Å². The number of benzene rings is 4. The van der Waals surface area contributed by atoms with E-state index in [-0.39, 0.29) is 35.8 Å². The van der Waals surface area contributed by atoms with Crippen LogP contribution in [0.25, 0.3) is 0 Å². The van der Waals surface area contributed by atoms with Gasteiger partial charge in [-0.15, -0.1) is 0 Å². The smallest absolute Gasteiger partial charge is 0.344 e. The van der Waals surface area contributed by atoms with Crippen molar-refractivity contribution in [2.24, 2.45) is 0 Å². The monoisotopic (exact) mass is 648 g/mol. The van der Waals surface area contributed by atoms with E-state index < -0.39 is 50.7 Å². The number of nitrogens with zero attached hydrogens (tertiary/aromatic N) is 2. The molecule has 4 aromatic carbocycles. The first-order valence-electron chi connectivity index (χ1n) is 13.5. The van der Waals surface area contributed by atoms with Gasteiger partial charge in [0.15, 0.2) is 0 Å². The van der Waals surface area contributed by atoms with Crippen LogP contribution < -0.4 is 14.2 Å². The predicted molar refractivity (Wildman–Crippen MR) is 159 cm³/mol. The number of carbonyl (C=O) groups excluding carboxylic acids is 1. The van der Waals surface area contributed by atoms with E-state index in [1.54, 1.807) is 12.1 Å². The molecular weight excluding hydrogens is 624 g/mol. The van der Waals surface area contributed by atoms with Crippen molar-refractivity contribution in [3.63, 3.8) is 0 Å². The van der Waals surface area contributed by atoms with Gasteiger partial charge in [0.25, 0.3) is 11.4 Å². The van der Waals surface area contributed by atoms with Crippen LogP contribution >= 0.6 is 0 Å². The fraction of sp³-hybridized carbons (Fsp3) is 0.129. The minimum atomic E-state index is -1.45. The molecule has 1 atom stereocenters. The van der Waals surface area contributed by atoms with Crippen molar-refractivity contribution in [3.05, 3.63) is 133 Å². The summed E-state index contributed by atoms with van der Waals surface area (Å²) in [6.45, 7) is 0.468. The maximum absolute atomic E-state index is 12.6. The Bertz CT molecular complexity index is 1810.